The summed E-state index contributed by atoms with van der Waals surface area (Å²) in [5.74, 6) is 1.22. The van der Waals surface area contributed by atoms with Crippen LogP contribution in [-0.4, -0.2) is 41.9 Å². The lowest BCUT2D eigenvalue weighted by atomic mass is 9.97. The first-order valence-electron chi connectivity index (χ1n) is 11.2. The highest BCUT2D eigenvalue weighted by atomic mass is 32.2. The van der Waals surface area contributed by atoms with Crippen molar-refractivity contribution >= 4 is 21.6 Å². The lowest BCUT2D eigenvalue weighted by molar-refractivity contribution is -0.120. The predicted octanol–water partition coefficient (Wildman–Crippen LogP) is 3.96. The number of anilines is 1. The number of amides is 1. The summed E-state index contributed by atoms with van der Waals surface area (Å²) in [6.45, 7) is 2.61. The summed E-state index contributed by atoms with van der Waals surface area (Å²) in [6, 6.07) is 14.2. The monoisotopic (exact) mass is 466 g/mol. The molecule has 2 aliphatic rings. The van der Waals surface area contributed by atoms with E-state index in [2.05, 4.69) is 15.5 Å². The van der Waals surface area contributed by atoms with Crippen molar-refractivity contribution in [3.8, 4) is 11.4 Å². The van der Waals surface area contributed by atoms with Gasteiger partial charge in [-0.15, -0.1) is 0 Å². The molecule has 1 aromatic heterocycles. The largest absolute Gasteiger partial charge is 0.339 e. The Bertz CT molecular complexity index is 1240. The van der Waals surface area contributed by atoms with Gasteiger partial charge in [-0.2, -0.15) is 9.29 Å². The molecule has 9 heteroatoms. The Hall–Kier alpha value is -3.04. The van der Waals surface area contributed by atoms with Gasteiger partial charge in [-0.3, -0.25) is 4.79 Å². The molecule has 1 N–H and O–H groups in total. The maximum absolute atomic E-state index is 13.1. The minimum atomic E-state index is -3.63. The van der Waals surface area contributed by atoms with Gasteiger partial charge in [0.1, 0.15) is 0 Å². The van der Waals surface area contributed by atoms with Crippen LogP contribution < -0.4 is 5.32 Å². The topological polar surface area (TPSA) is 105 Å². The molecule has 33 heavy (non-hydrogen) atoms. The second-order valence-electron chi connectivity index (χ2n) is 8.79. The van der Waals surface area contributed by atoms with Gasteiger partial charge in [-0.25, -0.2) is 8.42 Å². The molecule has 2 fully saturated rings. The van der Waals surface area contributed by atoms with Crippen molar-refractivity contribution < 1.29 is 17.7 Å². The maximum Gasteiger partial charge on any atom is 0.243 e. The zero-order chi connectivity index (χ0) is 23.0. The lowest BCUT2D eigenvalue weighted by Gasteiger charge is -2.30. The number of sulfonamides is 1. The molecule has 8 nitrogen and oxygen atoms in total. The van der Waals surface area contributed by atoms with Crippen LogP contribution in [0.15, 0.2) is 57.9 Å². The number of hydrogen-bond donors (Lipinski definition) is 1. The van der Waals surface area contributed by atoms with E-state index in [4.69, 9.17) is 4.52 Å². The Balaban J connectivity index is 1.20. The number of aryl methyl sites for hydroxylation is 1. The molecule has 0 bridgehead atoms. The number of aromatic nitrogens is 2. The number of nitrogens with zero attached hydrogens (tertiary/aromatic N) is 3. The van der Waals surface area contributed by atoms with Gasteiger partial charge in [-0.1, -0.05) is 22.9 Å². The third-order valence-electron chi connectivity index (χ3n) is 6.26. The van der Waals surface area contributed by atoms with Crippen molar-refractivity contribution in [2.24, 2.45) is 5.92 Å². The van der Waals surface area contributed by atoms with Crippen molar-refractivity contribution in [2.75, 3.05) is 18.4 Å². The molecule has 1 saturated carbocycles. The molecule has 3 aromatic rings. The number of hydrogen-bond acceptors (Lipinski definition) is 6. The summed E-state index contributed by atoms with van der Waals surface area (Å²) >= 11 is 0. The van der Waals surface area contributed by atoms with Crippen molar-refractivity contribution in [2.45, 2.75) is 43.4 Å². The molecule has 172 valence electrons. The van der Waals surface area contributed by atoms with Crippen LogP contribution in [0.25, 0.3) is 11.4 Å². The first-order valence-corrected chi connectivity index (χ1v) is 12.7. The predicted molar refractivity (Wildman–Crippen MR) is 123 cm³/mol. The molecule has 0 atom stereocenters. The number of rotatable bonds is 6. The highest BCUT2D eigenvalue weighted by Crippen LogP contribution is 2.39. The van der Waals surface area contributed by atoms with Gasteiger partial charge in [0.15, 0.2) is 0 Å². The Morgan fingerprint density at radius 1 is 1.00 bits per heavy atom. The van der Waals surface area contributed by atoms with Crippen LogP contribution >= 0.6 is 0 Å². The van der Waals surface area contributed by atoms with E-state index in [0.717, 1.165) is 29.7 Å². The van der Waals surface area contributed by atoms with E-state index < -0.39 is 10.0 Å². The van der Waals surface area contributed by atoms with E-state index in [1.807, 2.05) is 31.2 Å². The van der Waals surface area contributed by atoms with Crippen molar-refractivity contribution in [3.05, 3.63) is 60.0 Å². The normalized spacial score (nSPS) is 17.7. The molecule has 5 rings (SSSR count). The third-order valence-corrected chi connectivity index (χ3v) is 8.18. The zero-order valence-corrected chi connectivity index (χ0v) is 19.2. The SMILES string of the molecule is Cc1ccc(NC(=O)C2CCN(S(=O)(=O)c3ccc(-c4noc(C5CC5)n4)cc3)CC2)cc1. The maximum atomic E-state index is 13.1. The van der Waals surface area contributed by atoms with Crippen LogP contribution in [0.5, 0.6) is 0 Å². The minimum Gasteiger partial charge on any atom is -0.339 e. The average Bonchev–Trinajstić information content (AvgIpc) is 3.57. The van der Waals surface area contributed by atoms with Gasteiger partial charge in [0.25, 0.3) is 0 Å². The first-order chi connectivity index (χ1) is 15.9. The number of carbonyl (C=O) groups is 1. The fraction of sp³-hybridized carbons (Fsp3) is 0.375. The standard InChI is InChI=1S/C24H26N4O4S/c1-16-2-8-20(9-3-16)25-23(29)18-12-14-28(15-13-18)33(30,31)21-10-6-17(7-11-21)22-26-24(32-27-22)19-4-5-19/h2-3,6-11,18-19H,4-5,12-15H2,1H3,(H,25,29). The third kappa shape index (κ3) is 4.69. The molecule has 1 aliphatic carbocycles. The van der Waals surface area contributed by atoms with Crippen molar-refractivity contribution in [1.29, 1.82) is 0 Å². The fourth-order valence-corrected chi connectivity index (χ4v) is 5.48. The Labute approximate surface area is 193 Å². The molecule has 2 heterocycles. The fourth-order valence-electron chi connectivity index (χ4n) is 4.01. The molecule has 0 radical (unpaired) electrons. The molecular formula is C24H26N4O4S. The van der Waals surface area contributed by atoms with E-state index in [1.54, 1.807) is 24.3 Å². The molecular weight excluding hydrogens is 440 g/mol. The second-order valence-corrected chi connectivity index (χ2v) is 10.7. The summed E-state index contributed by atoms with van der Waals surface area (Å²) in [4.78, 5) is 17.2. The Morgan fingerprint density at radius 2 is 1.67 bits per heavy atom. The summed E-state index contributed by atoms with van der Waals surface area (Å²) in [6.07, 6.45) is 3.12. The van der Waals surface area contributed by atoms with Crippen LogP contribution in [-0.2, 0) is 14.8 Å². The smallest absolute Gasteiger partial charge is 0.243 e. The van der Waals surface area contributed by atoms with Gasteiger partial charge in [0.2, 0.25) is 27.6 Å². The van der Waals surface area contributed by atoms with Gasteiger partial charge < -0.3 is 9.84 Å². The van der Waals surface area contributed by atoms with E-state index in [1.165, 1.54) is 4.31 Å². The minimum absolute atomic E-state index is 0.0640. The second kappa shape index (κ2) is 8.72. The number of piperidine rings is 1. The summed E-state index contributed by atoms with van der Waals surface area (Å²) < 4.78 is 33.0. The van der Waals surface area contributed by atoms with Gasteiger partial charge >= 0.3 is 0 Å². The Kier molecular flexibility index (Phi) is 5.76. The van der Waals surface area contributed by atoms with Crippen LogP contribution in [0, 0.1) is 12.8 Å². The van der Waals surface area contributed by atoms with E-state index in [9.17, 15) is 13.2 Å². The zero-order valence-electron chi connectivity index (χ0n) is 18.4. The molecule has 2 aromatic carbocycles. The van der Waals surface area contributed by atoms with Crippen LogP contribution in [0.3, 0.4) is 0 Å². The van der Waals surface area contributed by atoms with E-state index in [-0.39, 0.29) is 16.7 Å². The van der Waals surface area contributed by atoms with Crippen molar-refractivity contribution in [1.82, 2.24) is 14.4 Å². The van der Waals surface area contributed by atoms with E-state index in [0.29, 0.717) is 43.6 Å². The highest BCUT2D eigenvalue weighted by Gasteiger charge is 2.33. The molecule has 1 amide bonds. The van der Waals surface area contributed by atoms with E-state index >= 15 is 0 Å². The number of nitrogens with one attached hydrogen (secondary N) is 1. The highest BCUT2D eigenvalue weighted by molar-refractivity contribution is 7.89. The van der Waals surface area contributed by atoms with Crippen LogP contribution in [0.4, 0.5) is 5.69 Å². The molecule has 0 unspecified atom stereocenters. The summed E-state index contributed by atoms with van der Waals surface area (Å²) in [5, 5.41) is 6.94. The van der Waals surface area contributed by atoms with Crippen LogP contribution in [0.1, 0.15) is 43.1 Å². The van der Waals surface area contributed by atoms with Crippen molar-refractivity contribution in [3.63, 3.8) is 0 Å². The lowest BCUT2D eigenvalue weighted by Crippen LogP contribution is -2.41. The molecule has 0 spiro atoms. The average molecular weight is 467 g/mol. The van der Waals surface area contributed by atoms with Gasteiger partial charge in [-0.05, 0) is 69.0 Å². The molecule has 1 aliphatic heterocycles. The van der Waals surface area contributed by atoms with Gasteiger partial charge in [0.05, 0.1) is 4.90 Å². The molecule has 1 saturated heterocycles. The summed E-state index contributed by atoms with van der Waals surface area (Å²) in [5.41, 5.74) is 2.60. The number of benzene rings is 2. The Morgan fingerprint density at radius 3 is 2.30 bits per heavy atom. The quantitative estimate of drug-likeness (QED) is 0.589. The summed E-state index contributed by atoms with van der Waals surface area (Å²) in [7, 11) is -3.63. The first kappa shape index (κ1) is 21.8. The van der Waals surface area contributed by atoms with Gasteiger partial charge in [0, 0.05) is 36.2 Å². The number of carbonyl (C=O) groups excluding carboxylic acids is 1. The van der Waals surface area contributed by atoms with Crippen LogP contribution in [0.2, 0.25) is 0 Å².